The molecule has 2 aromatic heterocycles. The molecule has 2 nitrogen and oxygen atoms in total. The molecular weight excluding hydrogens is 287 g/mol. The maximum Gasteiger partial charge on any atom is 0.131 e. The van der Waals surface area contributed by atoms with Gasteiger partial charge in [-0.25, -0.2) is 4.39 Å². The summed E-state index contributed by atoms with van der Waals surface area (Å²) in [4.78, 5) is 7.72. The maximum atomic E-state index is 14.4. The fourth-order valence-corrected chi connectivity index (χ4v) is 2.50. The zero-order valence-electron chi connectivity index (χ0n) is 14.6. The van der Waals surface area contributed by atoms with Crippen LogP contribution in [0.3, 0.4) is 0 Å². The standard InChI is InChI=1S/C18H19FN2.C2H6/c1-4-14-6-5-12(10-20-14)15-9-18-13(7-16(15)19)8-17(21-18)11(2)3;1-2/h5-11,21H,4H2,1-3H3;1-2H3. The van der Waals surface area contributed by atoms with Crippen molar-refractivity contribution in [3.8, 4) is 11.1 Å². The van der Waals surface area contributed by atoms with Gasteiger partial charge in [0.15, 0.2) is 0 Å². The number of aromatic nitrogens is 2. The van der Waals surface area contributed by atoms with E-state index in [2.05, 4.69) is 30.7 Å². The average Bonchev–Trinajstić information content (AvgIpc) is 2.99. The Kier molecular flexibility index (Phi) is 5.54. The fourth-order valence-electron chi connectivity index (χ4n) is 2.50. The lowest BCUT2D eigenvalue weighted by molar-refractivity contribution is 0.633. The molecule has 0 radical (unpaired) electrons. The van der Waals surface area contributed by atoms with Crippen LogP contribution in [0.2, 0.25) is 0 Å². The Bertz CT molecular complexity index is 770. The number of pyridine rings is 1. The number of nitrogens with one attached hydrogen (secondary N) is 1. The molecule has 3 heteroatoms. The number of rotatable bonds is 3. The highest BCUT2D eigenvalue weighted by atomic mass is 19.1. The van der Waals surface area contributed by atoms with E-state index >= 15 is 0 Å². The van der Waals surface area contributed by atoms with Crippen molar-refractivity contribution in [2.24, 2.45) is 0 Å². The van der Waals surface area contributed by atoms with Crippen molar-refractivity contribution in [1.29, 1.82) is 0 Å². The van der Waals surface area contributed by atoms with Crippen molar-refractivity contribution in [1.82, 2.24) is 9.97 Å². The summed E-state index contributed by atoms with van der Waals surface area (Å²) < 4.78 is 14.4. The van der Waals surface area contributed by atoms with Crippen LogP contribution >= 0.6 is 0 Å². The van der Waals surface area contributed by atoms with E-state index in [0.29, 0.717) is 11.5 Å². The summed E-state index contributed by atoms with van der Waals surface area (Å²) in [5.41, 5.74) is 4.51. The van der Waals surface area contributed by atoms with E-state index in [9.17, 15) is 4.39 Å². The molecule has 23 heavy (non-hydrogen) atoms. The van der Waals surface area contributed by atoms with Gasteiger partial charge in [-0.3, -0.25) is 4.98 Å². The van der Waals surface area contributed by atoms with Crippen molar-refractivity contribution < 1.29 is 4.39 Å². The number of halogens is 1. The van der Waals surface area contributed by atoms with Gasteiger partial charge in [0, 0.05) is 39.6 Å². The summed E-state index contributed by atoms with van der Waals surface area (Å²) in [6.45, 7) is 10.3. The average molecular weight is 312 g/mol. The molecule has 3 rings (SSSR count). The van der Waals surface area contributed by atoms with Crippen LogP contribution in [0, 0.1) is 5.82 Å². The van der Waals surface area contributed by atoms with E-state index < -0.39 is 0 Å². The van der Waals surface area contributed by atoms with Gasteiger partial charge in [-0.05, 0) is 36.6 Å². The van der Waals surface area contributed by atoms with Crippen LogP contribution in [0.1, 0.15) is 51.9 Å². The molecule has 0 atom stereocenters. The Balaban J connectivity index is 0.000000924. The predicted molar refractivity (Wildman–Crippen MR) is 96.3 cm³/mol. The van der Waals surface area contributed by atoms with E-state index in [0.717, 1.165) is 34.3 Å². The second kappa shape index (κ2) is 7.40. The number of benzene rings is 1. The molecule has 0 aliphatic heterocycles. The minimum Gasteiger partial charge on any atom is -0.358 e. The van der Waals surface area contributed by atoms with Crippen molar-refractivity contribution in [3.63, 3.8) is 0 Å². The maximum absolute atomic E-state index is 14.4. The van der Waals surface area contributed by atoms with Crippen LogP contribution in [0.25, 0.3) is 22.0 Å². The quantitative estimate of drug-likeness (QED) is 0.623. The minimum atomic E-state index is -0.206. The van der Waals surface area contributed by atoms with Gasteiger partial charge in [0.25, 0.3) is 0 Å². The lowest BCUT2D eigenvalue weighted by atomic mass is 10.0. The van der Waals surface area contributed by atoms with Gasteiger partial charge < -0.3 is 4.98 Å². The number of H-pyrrole nitrogens is 1. The number of hydrogen-bond donors (Lipinski definition) is 1. The van der Waals surface area contributed by atoms with E-state index in [1.54, 1.807) is 12.3 Å². The first-order valence-corrected chi connectivity index (χ1v) is 8.36. The summed E-state index contributed by atoms with van der Waals surface area (Å²) >= 11 is 0. The monoisotopic (exact) mass is 312 g/mol. The predicted octanol–water partition coefficient (Wildman–Crippen LogP) is 6.08. The third kappa shape index (κ3) is 3.61. The van der Waals surface area contributed by atoms with Crippen molar-refractivity contribution in [3.05, 3.63) is 53.7 Å². The third-order valence-electron chi connectivity index (χ3n) is 3.85. The van der Waals surface area contributed by atoms with Crippen molar-refractivity contribution in [2.75, 3.05) is 0 Å². The SMILES string of the molecule is CC.CCc1ccc(-c2cc3[nH]c(C(C)C)cc3cc2F)cn1. The van der Waals surface area contributed by atoms with E-state index in [4.69, 9.17) is 0 Å². The Morgan fingerprint density at radius 1 is 1.13 bits per heavy atom. The summed E-state index contributed by atoms with van der Waals surface area (Å²) in [7, 11) is 0. The van der Waals surface area contributed by atoms with Gasteiger partial charge in [0.05, 0.1) is 0 Å². The second-order valence-corrected chi connectivity index (χ2v) is 5.69. The molecule has 3 aromatic rings. The molecule has 0 aliphatic rings. The van der Waals surface area contributed by atoms with Gasteiger partial charge in [-0.1, -0.05) is 40.7 Å². The molecule has 122 valence electrons. The topological polar surface area (TPSA) is 28.7 Å². The number of fused-ring (bicyclic) bond motifs is 1. The third-order valence-corrected chi connectivity index (χ3v) is 3.85. The normalized spacial score (nSPS) is 10.7. The van der Waals surface area contributed by atoms with E-state index in [-0.39, 0.29) is 5.82 Å². The molecule has 0 bridgehead atoms. The Labute approximate surface area is 137 Å². The molecule has 1 aromatic carbocycles. The zero-order chi connectivity index (χ0) is 17.0. The summed E-state index contributed by atoms with van der Waals surface area (Å²) in [5.74, 6) is 0.192. The van der Waals surface area contributed by atoms with Gasteiger partial charge in [-0.15, -0.1) is 0 Å². The van der Waals surface area contributed by atoms with Gasteiger partial charge in [0.2, 0.25) is 0 Å². The first kappa shape index (κ1) is 17.2. The van der Waals surface area contributed by atoms with Crippen LogP contribution in [0.4, 0.5) is 4.39 Å². The molecule has 2 heterocycles. The first-order chi connectivity index (χ1) is 11.1. The first-order valence-electron chi connectivity index (χ1n) is 8.36. The van der Waals surface area contributed by atoms with Crippen LogP contribution in [-0.4, -0.2) is 9.97 Å². The number of hydrogen-bond acceptors (Lipinski definition) is 1. The van der Waals surface area contributed by atoms with Crippen LogP contribution in [-0.2, 0) is 6.42 Å². The van der Waals surface area contributed by atoms with Gasteiger partial charge in [-0.2, -0.15) is 0 Å². The number of nitrogens with zero attached hydrogens (tertiary/aromatic N) is 1. The lowest BCUT2D eigenvalue weighted by Gasteiger charge is -2.05. The van der Waals surface area contributed by atoms with Crippen LogP contribution < -0.4 is 0 Å². The molecule has 0 fully saturated rings. The van der Waals surface area contributed by atoms with E-state index in [1.807, 2.05) is 38.1 Å². The molecule has 0 spiro atoms. The number of aryl methyl sites for hydroxylation is 1. The molecule has 0 amide bonds. The second-order valence-electron chi connectivity index (χ2n) is 5.69. The van der Waals surface area contributed by atoms with Crippen molar-refractivity contribution in [2.45, 2.75) is 47.0 Å². The highest BCUT2D eigenvalue weighted by molar-refractivity contribution is 5.86. The highest BCUT2D eigenvalue weighted by Gasteiger charge is 2.11. The molecule has 0 saturated heterocycles. The van der Waals surface area contributed by atoms with Gasteiger partial charge >= 0.3 is 0 Å². The Hall–Kier alpha value is -2.16. The molecule has 0 saturated carbocycles. The van der Waals surface area contributed by atoms with E-state index in [1.165, 1.54) is 0 Å². The summed E-state index contributed by atoms with van der Waals surface area (Å²) in [5, 5.41) is 0.915. The smallest absolute Gasteiger partial charge is 0.131 e. The lowest BCUT2D eigenvalue weighted by Crippen LogP contribution is -1.89. The zero-order valence-corrected chi connectivity index (χ0v) is 14.6. The van der Waals surface area contributed by atoms with Crippen molar-refractivity contribution >= 4 is 10.9 Å². The van der Waals surface area contributed by atoms with Crippen LogP contribution in [0.15, 0.2) is 36.5 Å². The Morgan fingerprint density at radius 2 is 1.87 bits per heavy atom. The summed E-state index contributed by atoms with van der Waals surface area (Å²) in [6, 6.07) is 9.38. The Morgan fingerprint density at radius 3 is 2.43 bits per heavy atom. The molecule has 0 aliphatic carbocycles. The van der Waals surface area contributed by atoms with Crippen LogP contribution in [0.5, 0.6) is 0 Å². The molecule has 0 unspecified atom stereocenters. The highest BCUT2D eigenvalue weighted by Crippen LogP contribution is 2.29. The number of aromatic amines is 1. The minimum absolute atomic E-state index is 0.206. The summed E-state index contributed by atoms with van der Waals surface area (Å²) in [6.07, 6.45) is 2.63. The molecular formula is C20H25FN2. The largest absolute Gasteiger partial charge is 0.358 e. The fraction of sp³-hybridized carbons (Fsp3) is 0.350. The van der Waals surface area contributed by atoms with Gasteiger partial charge in [0.1, 0.15) is 5.82 Å². The molecule has 1 N–H and O–H groups in total.